The van der Waals surface area contributed by atoms with Crippen LogP contribution in [0.4, 0.5) is 0 Å². The molecule has 1 atom stereocenters. The van der Waals surface area contributed by atoms with Crippen LogP contribution in [0.15, 0.2) is 4.52 Å². The maximum absolute atomic E-state index is 12.5. The van der Waals surface area contributed by atoms with Crippen LogP contribution in [-0.4, -0.2) is 51.4 Å². The average molecular weight is 306 g/mol. The predicted molar refractivity (Wildman–Crippen MR) is 77.7 cm³/mol. The number of hydrogen-bond donors (Lipinski definition) is 0. The van der Waals surface area contributed by atoms with Crippen molar-refractivity contribution in [3.63, 3.8) is 0 Å². The molecule has 1 aliphatic carbocycles. The lowest BCUT2D eigenvalue weighted by Crippen LogP contribution is -2.39. The Morgan fingerprint density at radius 2 is 2.00 bits per heavy atom. The van der Waals surface area contributed by atoms with E-state index in [1.807, 2.05) is 11.8 Å². The van der Waals surface area contributed by atoms with Gasteiger partial charge in [0.1, 0.15) is 6.04 Å². The van der Waals surface area contributed by atoms with Gasteiger partial charge in [-0.25, -0.2) is 0 Å². The van der Waals surface area contributed by atoms with E-state index in [4.69, 9.17) is 4.52 Å². The van der Waals surface area contributed by atoms with Crippen LogP contribution >= 0.6 is 0 Å². The molecule has 120 valence electrons. The summed E-state index contributed by atoms with van der Waals surface area (Å²) < 4.78 is 5.26. The van der Waals surface area contributed by atoms with Crippen molar-refractivity contribution in [3.8, 4) is 0 Å². The fourth-order valence-electron chi connectivity index (χ4n) is 3.00. The molecule has 1 aromatic rings. The third kappa shape index (κ3) is 2.71. The number of aromatic nitrogens is 2. The Labute approximate surface area is 129 Å². The van der Waals surface area contributed by atoms with Gasteiger partial charge in [0.15, 0.2) is 5.82 Å². The highest BCUT2D eigenvalue weighted by molar-refractivity contribution is 5.85. The average Bonchev–Trinajstić information content (AvgIpc) is 3.15. The van der Waals surface area contributed by atoms with Gasteiger partial charge < -0.3 is 14.3 Å². The minimum Gasteiger partial charge on any atom is -0.340 e. The zero-order valence-electron chi connectivity index (χ0n) is 13.3. The van der Waals surface area contributed by atoms with E-state index >= 15 is 0 Å². The van der Waals surface area contributed by atoms with Crippen molar-refractivity contribution in [1.29, 1.82) is 0 Å². The smallest absolute Gasteiger partial charge is 0.249 e. The van der Waals surface area contributed by atoms with Crippen molar-refractivity contribution in [1.82, 2.24) is 19.9 Å². The van der Waals surface area contributed by atoms with Crippen molar-refractivity contribution >= 4 is 11.8 Å². The molecule has 0 aromatic carbocycles. The minimum absolute atomic E-state index is 0.0345. The van der Waals surface area contributed by atoms with Crippen LogP contribution in [0, 0.1) is 12.3 Å². The number of carbonyl (C=O) groups excluding carboxylic acids is 2. The highest BCUT2D eigenvalue weighted by Gasteiger charge is 2.47. The second-order valence-corrected chi connectivity index (χ2v) is 6.55. The maximum atomic E-state index is 12.5. The SMILES string of the molecule is CC(=O)N1CCN(C(=O)C2(C)CC2)CCC1c1nc(C)no1. The molecule has 2 heterocycles. The molecule has 0 bridgehead atoms. The molecule has 7 nitrogen and oxygen atoms in total. The summed E-state index contributed by atoms with van der Waals surface area (Å²) in [5, 5.41) is 3.81. The van der Waals surface area contributed by atoms with Gasteiger partial charge in [0.2, 0.25) is 17.7 Å². The van der Waals surface area contributed by atoms with E-state index in [0.29, 0.717) is 37.8 Å². The van der Waals surface area contributed by atoms with Crippen LogP contribution in [-0.2, 0) is 9.59 Å². The lowest BCUT2D eigenvalue weighted by atomic mass is 10.1. The molecule has 3 rings (SSSR count). The summed E-state index contributed by atoms with van der Waals surface area (Å²) in [7, 11) is 0. The summed E-state index contributed by atoms with van der Waals surface area (Å²) in [5.41, 5.74) is -0.179. The zero-order valence-corrected chi connectivity index (χ0v) is 13.3. The van der Waals surface area contributed by atoms with Crippen LogP contribution in [0.1, 0.15) is 50.9 Å². The highest BCUT2D eigenvalue weighted by atomic mass is 16.5. The minimum atomic E-state index is -0.247. The highest BCUT2D eigenvalue weighted by Crippen LogP contribution is 2.46. The summed E-state index contributed by atoms with van der Waals surface area (Å²) in [6.45, 7) is 6.99. The summed E-state index contributed by atoms with van der Waals surface area (Å²) in [5.74, 6) is 1.19. The molecule has 0 radical (unpaired) electrons. The third-order valence-corrected chi connectivity index (χ3v) is 4.70. The van der Waals surface area contributed by atoms with Gasteiger partial charge in [-0.1, -0.05) is 12.1 Å². The number of hydrogen-bond acceptors (Lipinski definition) is 5. The molecule has 1 saturated carbocycles. The van der Waals surface area contributed by atoms with Crippen LogP contribution in [0.3, 0.4) is 0 Å². The van der Waals surface area contributed by atoms with Crippen molar-refractivity contribution in [2.45, 2.75) is 46.1 Å². The predicted octanol–water partition coefficient (Wildman–Crippen LogP) is 1.30. The number of carbonyl (C=O) groups is 2. The first-order chi connectivity index (χ1) is 10.4. The summed E-state index contributed by atoms with van der Waals surface area (Å²) in [6.07, 6.45) is 2.55. The molecule has 0 N–H and O–H groups in total. The molecule has 1 aliphatic heterocycles. The van der Waals surface area contributed by atoms with E-state index in [0.717, 1.165) is 12.8 Å². The van der Waals surface area contributed by atoms with Crippen molar-refractivity contribution in [2.75, 3.05) is 19.6 Å². The molecule has 2 fully saturated rings. The molecule has 22 heavy (non-hydrogen) atoms. The Morgan fingerprint density at radius 1 is 1.27 bits per heavy atom. The first-order valence-corrected chi connectivity index (χ1v) is 7.77. The van der Waals surface area contributed by atoms with Gasteiger partial charge in [-0.05, 0) is 26.2 Å². The van der Waals surface area contributed by atoms with Crippen molar-refractivity contribution in [2.24, 2.45) is 5.41 Å². The van der Waals surface area contributed by atoms with Gasteiger partial charge in [0, 0.05) is 32.0 Å². The second kappa shape index (κ2) is 5.37. The van der Waals surface area contributed by atoms with E-state index in [9.17, 15) is 9.59 Å². The number of amides is 2. The number of aryl methyl sites for hydroxylation is 1. The summed E-state index contributed by atoms with van der Waals surface area (Å²) >= 11 is 0. The zero-order chi connectivity index (χ0) is 15.9. The van der Waals surface area contributed by atoms with Crippen LogP contribution < -0.4 is 0 Å². The van der Waals surface area contributed by atoms with Crippen LogP contribution in [0.5, 0.6) is 0 Å². The normalized spacial score (nSPS) is 24.0. The van der Waals surface area contributed by atoms with Crippen LogP contribution in [0.25, 0.3) is 0 Å². The van der Waals surface area contributed by atoms with Crippen molar-refractivity contribution < 1.29 is 14.1 Å². The molecule has 2 amide bonds. The lowest BCUT2D eigenvalue weighted by molar-refractivity contribution is -0.137. The fraction of sp³-hybridized carbons (Fsp3) is 0.733. The Morgan fingerprint density at radius 3 is 2.55 bits per heavy atom. The fourth-order valence-corrected chi connectivity index (χ4v) is 3.00. The van der Waals surface area contributed by atoms with Gasteiger partial charge in [-0.15, -0.1) is 0 Å². The molecule has 0 spiro atoms. The Bertz CT molecular complexity index is 593. The Kier molecular flexibility index (Phi) is 3.66. The van der Waals surface area contributed by atoms with Crippen LogP contribution in [0.2, 0.25) is 0 Å². The largest absolute Gasteiger partial charge is 0.340 e. The van der Waals surface area contributed by atoms with Gasteiger partial charge in [-0.3, -0.25) is 9.59 Å². The van der Waals surface area contributed by atoms with Gasteiger partial charge in [0.05, 0.1) is 0 Å². The first-order valence-electron chi connectivity index (χ1n) is 7.77. The quantitative estimate of drug-likeness (QED) is 0.823. The van der Waals surface area contributed by atoms with E-state index < -0.39 is 0 Å². The lowest BCUT2D eigenvalue weighted by Gasteiger charge is -2.25. The van der Waals surface area contributed by atoms with Gasteiger partial charge in [0.25, 0.3) is 0 Å². The van der Waals surface area contributed by atoms with E-state index in [2.05, 4.69) is 10.1 Å². The van der Waals surface area contributed by atoms with Gasteiger partial charge in [-0.2, -0.15) is 4.98 Å². The van der Waals surface area contributed by atoms with Crippen molar-refractivity contribution in [3.05, 3.63) is 11.7 Å². The standard InChI is InChI=1S/C15H22N4O3/c1-10-16-13(22-17-10)12-4-7-18(8-9-19(12)11(2)20)14(21)15(3)5-6-15/h12H,4-9H2,1-3H3. The topological polar surface area (TPSA) is 79.5 Å². The number of rotatable bonds is 2. The van der Waals surface area contributed by atoms with E-state index in [-0.39, 0.29) is 23.3 Å². The molecule has 2 aliphatic rings. The molecule has 1 unspecified atom stereocenters. The molecule has 1 aromatic heterocycles. The summed E-state index contributed by atoms with van der Waals surface area (Å²) in [6, 6.07) is -0.247. The molecule has 1 saturated heterocycles. The third-order valence-electron chi connectivity index (χ3n) is 4.70. The van der Waals surface area contributed by atoms with E-state index in [1.54, 1.807) is 11.8 Å². The Hall–Kier alpha value is -1.92. The summed E-state index contributed by atoms with van der Waals surface area (Å²) in [4.78, 5) is 32.4. The van der Waals surface area contributed by atoms with Gasteiger partial charge >= 0.3 is 0 Å². The first kappa shape index (κ1) is 15.0. The molecular formula is C15H22N4O3. The van der Waals surface area contributed by atoms with E-state index in [1.165, 1.54) is 6.92 Å². The molecular weight excluding hydrogens is 284 g/mol. The maximum Gasteiger partial charge on any atom is 0.249 e. The molecule has 7 heteroatoms. The number of nitrogens with zero attached hydrogens (tertiary/aromatic N) is 4. The Balaban J connectivity index is 1.78. The second-order valence-electron chi connectivity index (χ2n) is 6.55. The monoisotopic (exact) mass is 306 g/mol.